The molecule has 2 aromatic rings. The van der Waals surface area contributed by atoms with Crippen molar-refractivity contribution in [2.75, 3.05) is 5.32 Å². The zero-order valence-electron chi connectivity index (χ0n) is 11.7. The molecule has 0 aromatic heterocycles. The maximum absolute atomic E-state index is 12.1. The van der Waals surface area contributed by atoms with Gasteiger partial charge in [-0.3, -0.25) is 4.79 Å². The number of anilines is 1. The van der Waals surface area contributed by atoms with Gasteiger partial charge in [-0.05, 0) is 43.5 Å². The Labute approximate surface area is 114 Å². The van der Waals surface area contributed by atoms with E-state index in [2.05, 4.69) is 11.4 Å². The molecule has 19 heavy (non-hydrogen) atoms. The summed E-state index contributed by atoms with van der Waals surface area (Å²) in [5, 5.41) is 2.97. The van der Waals surface area contributed by atoms with Crippen molar-refractivity contribution in [3.8, 4) is 0 Å². The van der Waals surface area contributed by atoms with E-state index < -0.39 is 0 Å². The van der Waals surface area contributed by atoms with Gasteiger partial charge in [-0.25, -0.2) is 0 Å². The van der Waals surface area contributed by atoms with Crippen LogP contribution < -0.4 is 5.32 Å². The van der Waals surface area contributed by atoms with Crippen molar-refractivity contribution in [3.05, 3.63) is 64.7 Å². The molecule has 0 heterocycles. The number of hydrogen-bond acceptors (Lipinski definition) is 1. The van der Waals surface area contributed by atoms with Crippen LogP contribution in [0, 0.1) is 20.8 Å². The van der Waals surface area contributed by atoms with Gasteiger partial charge in [0, 0.05) is 5.69 Å². The lowest BCUT2D eigenvalue weighted by Crippen LogP contribution is -2.15. The summed E-state index contributed by atoms with van der Waals surface area (Å²) in [5.41, 5.74) is 5.42. The molecule has 1 amide bonds. The second-order valence-electron chi connectivity index (χ2n) is 4.97. The molecule has 0 saturated carbocycles. The van der Waals surface area contributed by atoms with Gasteiger partial charge in [-0.1, -0.05) is 42.0 Å². The summed E-state index contributed by atoms with van der Waals surface area (Å²) in [4.78, 5) is 12.1. The van der Waals surface area contributed by atoms with Crippen molar-refractivity contribution < 1.29 is 4.79 Å². The van der Waals surface area contributed by atoms with Crippen LogP contribution in [0.25, 0.3) is 0 Å². The Kier molecular flexibility index (Phi) is 4.00. The Morgan fingerprint density at radius 3 is 2.42 bits per heavy atom. The number of nitrogens with one attached hydrogen (secondary N) is 1. The van der Waals surface area contributed by atoms with E-state index >= 15 is 0 Å². The van der Waals surface area contributed by atoms with E-state index in [1.807, 2.05) is 57.2 Å². The van der Waals surface area contributed by atoms with Crippen LogP contribution in [-0.2, 0) is 11.2 Å². The summed E-state index contributed by atoms with van der Waals surface area (Å²) < 4.78 is 0. The van der Waals surface area contributed by atoms with E-state index in [0.29, 0.717) is 6.42 Å². The predicted octanol–water partition coefficient (Wildman–Crippen LogP) is 3.79. The van der Waals surface area contributed by atoms with Crippen LogP contribution in [-0.4, -0.2) is 5.91 Å². The topological polar surface area (TPSA) is 29.1 Å². The second-order valence-corrected chi connectivity index (χ2v) is 4.97. The van der Waals surface area contributed by atoms with E-state index in [-0.39, 0.29) is 5.91 Å². The minimum Gasteiger partial charge on any atom is -0.326 e. The average Bonchev–Trinajstić information content (AvgIpc) is 2.36. The molecule has 98 valence electrons. The standard InChI is InChI=1S/C17H19NO/c1-12-8-9-16(14(3)10-12)18-17(19)11-15-7-5-4-6-13(15)2/h4-10H,11H2,1-3H3,(H,18,19). The average molecular weight is 253 g/mol. The molecule has 0 aliphatic rings. The molecule has 0 bridgehead atoms. The van der Waals surface area contributed by atoms with Crippen LogP contribution in [0.15, 0.2) is 42.5 Å². The smallest absolute Gasteiger partial charge is 0.228 e. The van der Waals surface area contributed by atoms with Gasteiger partial charge in [0.2, 0.25) is 5.91 Å². The molecule has 0 unspecified atom stereocenters. The van der Waals surface area contributed by atoms with E-state index in [1.54, 1.807) is 0 Å². The SMILES string of the molecule is Cc1ccc(NC(=O)Cc2ccccc2C)c(C)c1. The molecule has 2 aromatic carbocycles. The fourth-order valence-corrected chi connectivity index (χ4v) is 2.13. The minimum atomic E-state index is 0.0289. The lowest BCUT2D eigenvalue weighted by molar-refractivity contribution is -0.115. The molecule has 2 nitrogen and oxygen atoms in total. The highest BCUT2D eigenvalue weighted by Crippen LogP contribution is 2.17. The molecular formula is C17H19NO. The fraction of sp³-hybridized carbons (Fsp3) is 0.235. The normalized spacial score (nSPS) is 10.3. The Hall–Kier alpha value is -2.09. The Bertz CT molecular complexity index is 602. The van der Waals surface area contributed by atoms with Crippen molar-refractivity contribution in [3.63, 3.8) is 0 Å². The maximum Gasteiger partial charge on any atom is 0.228 e. The molecule has 0 saturated heterocycles. The number of hydrogen-bond donors (Lipinski definition) is 1. The Morgan fingerprint density at radius 2 is 1.74 bits per heavy atom. The van der Waals surface area contributed by atoms with Crippen LogP contribution in [0.2, 0.25) is 0 Å². The lowest BCUT2D eigenvalue weighted by Gasteiger charge is -2.10. The van der Waals surface area contributed by atoms with Crippen LogP contribution in [0.5, 0.6) is 0 Å². The molecular weight excluding hydrogens is 234 g/mol. The third kappa shape index (κ3) is 3.44. The van der Waals surface area contributed by atoms with Gasteiger partial charge < -0.3 is 5.32 Å². The van der Waals surface area contributed by atoms with Crippen molar-refractivity contribution in [2.45, 2.75) is 27.2 Å². The summed E-state index contributed by atoms with van der Waals surface area (Å²) in [6.07, 6.45) is 0.417. The first kappa shape index (κ1) is 13.3. The highest BCUT2D eigenvalue weighted by atomic mass is 16.1. The number of rotatable bonds is 3. The van der Waals surface area contributed by atoms with E-state index in [1.165, 1.54) is 5.56 Å². The van der Waals surface area contributed by atoms with E-state index in [4.69, 9.17) is 0 Å². The minimum absolute atomic E-state index is 0.0289. The first-order valence-corrected chi connectivity index (χ1v) is 6.48. The number of benzene rings is 2. The maximum atomic E-state index is 12.1. The highest BCUT2D eigenvalue weighted by molar-refractivity contribution is 5.93. The van der Waals surface area contributed by atoms with Crippen LogP contribution in [0.1, 0.15) is 22.3 Å². The molecule has 2 heteroatoms. The summed E-state index contributed by atoms with van der Waals surface area (Å²) >= 11 is 0. The van der Waals surface area contributed by atoms with Crippen molar-refractivity contribution in [2.24, 2.45) is 0 Å². The quantitative estimate of drug-likeness (QED) is 0.885. The number of aryl methyl sites for hydroxylation is 3. The van der Waals surface area contributed by atoms with Crippen LogP contribution in [0.4, 0.5) is 5.69 Å². The monoisotopic (exact) mass is 253 g/mol. The van der Waals surface area contributed by atoms with Gasteiger partial charge in [-0.2, -0.15) is 0 Å². The molecule has 0 atom stereocenters. The predicted molar refractivity (Wildman–Crippen MR) is 79.4 cm³/mol. The number of amides is 1. The molecule has 0 aliphatic heterocycles. The van der Waals surface area contributed by atoms with E-state index in [9.17, 15) is 4.79 Å². The van der Waals surface area contributed by atoms with Gasteiger partial charge in [0.25, 0.3) is 0 Å². The zero-order chi connectivity index (χ0) is 13.8. The van der Waals surface area contributed by atoms with Gasteiger partial charge in [0.05, 0.1) is 6.42 Å². The van der Waals surface area contributed by atoms with Crippen molar-refractivity contribution in [1.29, 1.82) is 0 Å². The number of carbonyl (C=O) groups excluding carboxylic acids is 1. The first-order chi connectivity index (χ1) is 9.06. The van der Waals surface area contributed by atoms with Gasteiger partial charge >= 0.3 is 0 Å². The molecule has 1 N–H and O–H groups in total. The summed E-state index contributed by atoms with van der Waals surface area (Å²) in [6, 6.07) is 14.0. The third-order valence-corrected chi connectivity index (χ3v) is 3.27. The molecule has 0 fully saturated rings. The van der Waals surface area contributed by atoms with Gasteiger partial charge in [0.1, 0.15) is 0 Å². The van der Waals surface area contributed by atoms with Crippen molar-refractivity contribution in [1.82, 2.24) is 0 Å². The fourth-order valence-electron chi connectivity index (χ4n) is 2.13. The largest absolute Gasteiger partial charge is 0.326 e. The Morgan fingerprint density at radius 1 is 1.00 bits per heavy atom. The van der Waals surface area contributed by atoms with Crippen LogP contribution >= 0.6 is 0 Å². The second kappa shape index (κ2) is 5.70. The molecule has 2 rings (SSSR count). The molecule has 0 radical (unpaired) electrons. The summed E-state index contributed by atoms with van der Waals surface area (Å²) in [5.74, 6) is 0.0289. The lowest BCUT2D eigenvalue weighted by atomic mass is 10.1. The van der Waals surface area contributed by atoms with Gasteiger partial charge in [-0.15, -0.1) is 0 Å². The van der Waals surface area contributed by atoms with Gasteiger partial charge in [0.15, 0.2) is 0 Å². The Balaban J connectivity index is 2.08. The van der Waals surface area contributed by atoms with Crippen LogP contribution in [0.3, 0.4) is 0 Å². The summed E-state index contributed by atoms with van der Waals surface area (Å²) in [7, 11) is 0. The summed E-state index contributed by atoms with van der Waals surface area (Å²) in [6.45, 7) is 6.09. The van der Waals surface area contributed by atoms with E-state index in [0.717, 1.165) is 22.4 Å². The molecule has 0 spiro atoms. The highest BCUT2D eigenvalue weighted by Gasteiger charge is 2.07. The zero-order valence-corrected chi connectivity index (χ0v) is 11.7. The molecule has 0 aliphatic carbocycles. The first-order valence-electron chi connectivity index (χ1n) is 6.48. The number of carbonyl (C=O) groups is 1. The third-order valence-electron chi connectivity index (χ3n) is 3.27. The van der Waals surface area contributed by atoms with Crippen molar-refractivity contribution >= 4 is 11.6 Å².